The second-order valence-corrected chi connectivity index (χ2v) is 6.04. The monoisotopic (exact) mass is 267 g/mol. The Morgan fingerprint density at radius 1 is 1.61 bits per heavy atom. The quantitative estimate of drug-likeness (QED) is 0.855. The van der Waals surface area contributed by atoms with Crippen LogP contribution in [-0.2, 0) is 10.3 Å². The van der Waals surface area contributed by atoms with Gasteiger partial charge in [0.15, 0.2) is 0 Å². The van der Waals surface area contributed by atoms with Crippen molar-refractivity contribution in [1.29, 1.82) is 0 Å². The molecule has 1 aromatic rings. The maximum atomic E-state index is 12.1. The average Bonchev–Trinajstić information content (AvgIpc) is 2.70. The molecule has 4 nitrogen and oxygen atoms in total. The molecule has 1 amide bonds. The van der Waals surface area contributed by atoms with Gasteiger partial charge >= 0.3 is 0 Å². The maximum absolute atomic E-state index is 12.1. The first kappa shape index (κ1) is 13.5. The van der Waals surface area contributed by atoms with Crippen LogP contribution >= 0.6 is 11.3 Å². The molecule has 1 aliphatic carbocycles. The lowest BCUT2D eigenvalue weighted by Gasteiger charge is -2.41. The van der Waals surface area contributed by atoms with Gasteiger partial charge in [-0.2, -0.15) is 0 Å². The fourth-order valence-electron chi connectivity index (χ4n) is 2.25. The van der Waals surface area contributed by atoms with Gasteiger partial charge in [-0.25, -0.2) is 4.98 Å². The lowest BCUT2D eigenvalue weighted by atomic mass is 9.77. The summed E-state index contributed by atoms with van der Waals surface area (Å²) in [5, 5.41) is 9.37. The molecule has 0 bridgehead atoms. The highest BCUT2D eigenvalue weighted by Gasteiger charge is 2.43. The van der Waals surface area contributed by atoms with Gasteiger partial charge in [-0.15, -0.1) is 11.3 Å². The van der Waals surface area contributed by atoms with E-state index in [1.807, 2.05) is 20.9 Å². The number of carbonyl (C=O) groups excluding carboxylic acids is 1. The van der Waals surface area contributed by atoms with Gasteiger partial charge in [0, 0.05) is 23.5 Å². The van der Waals surface area contributed by atoms with E-state index in [1.165, 1.54) is 6.42 Å². The minimum atomic E-state index is -0.183. The predicted octanol–water partition coefficient (Wildman–Crippen LogP) is 1.80. The molecule has 1 fully saturated rings. The Morgan fingerprint density at radius 2 is 2.33 bits per heavy atom. The predicted molar refractivity (Wildman–Crippen MR) is 73.6 cm³/mol. The minimum Gasteiger partial charge on any atom is -0.344 e. The summed E-state index contributed by atoms with van der Waals surface area (Å²) < 4.78 is 0. The van der Waals surface area contributed by atoms with Gasteiger partial charge in [-0.3, -0.25) is 4.79 Å². The summed E-state index contributed by atoms with van der Waals surface area (Å²) in [7, 11) is 1.87. The number of hydrogen-bond acceptors (Lipinski definition) is 4. The average molecular weight is 267 g/mol. The van der Waals surface area contributed by atoms with E-state index in [0.717, 1.165) is 23.5 Å². The zero-order valence-electron chi connectivity index (χ0n) is 11.2. The highest BCUT2D eigenvalue weighted by atomic mass is 32.1. The van der Waals surface area contributed by atoms with Crippen molar-refractivity contribution in [1.82, 2.24) is 15.6 Å². The van der Waals surface area contributed by atoms with Gasteiger partial charge in [0.2, 0.25) is 5.91 Å². The molecule has 2 N–H and O–H groups in total. The molecule has 5 heteroatoms. The number of nitrogens with zero attached hydrogens (tertiary/aromatic N) is 1. The van der Waals surface area contributed by atoms with Crippen molar-refractivity contribution < 1.29 is 4.79 Å². The van der Waals surface area contributed by atoms with Gasteiger partial charge in [0.1, 0.15) is 5.01 Å². The third-order valence-corrected chi connectivity index (χ3v) is 4.72. The normalized spacial score (nSPS) is 19.1. The van der Waals surface area contributed by atoms with Crippen LogP contribution in [0, 0.1) is 12.8 Å². The van der Waals surface area contributed by atoms with Crippen LogP contribution in [0.4, 0.5) is 0 Å². The summed E-state index contributed by atoms with van der Waals surface area (Å²) in [4.78, 5) is 16.7. The van der Waals surface area contributed by atoms with Crippen molar-refractivity contribution in [2.75, 3.05) is 13.6 Å². The van der Waals surface area contributed by atoms with Crippen LogP contribution in [0.3, 0.4) is 0 Å². The fraction of sp³-hybridized carbons (Fsp3) is 0.692. The van der Waals surface area contributed by atoms with E-state index in [-0.39, 0.29) is 17.4 Å². The first-order valence-electron chi connectivity index (χ1n) is 6.46. The molecule has 18 heavy (non-hydrogen) atoms. The van der Waals surface area contributed by atoms with Crippen molar-refractivity contribution in [2.24, 2.45) is 5.92 Å². The molecule has 1 atom stereocenters. The molecule has 2 rings (SSSR count). The van der Waals surface area contributed by atoms with Crippen molar-refractivity contribution >= 4 is 17.2 Å². The summed E-state index contributed by atoms with van der Waals surface area (Å²) in [5.74, 6) is 0.116. The molecule has 1 unspecified atom stereocenters. The van der Waals surface area contributed by atoms with Crippen LogP contribution in [0.1, 0.15) is 36.9 Å². The largest absolute Gasteiger partial charge is 0.344 e. The summed E-state index contributed by atoms with van der Waals surface area (Å²) in [5.41, 5.74) is 0.858. The standard InChI is InChI=1S/C13H21N3OS/c1-9(7-14-3)11(17)16-13(5-4-6-13)12-15-10(2)8-18-12/h8-9,14H,4-7H2,1-3H3,(H,16,17). The molecule has 100 valence electrons. The van der Waals surface area contributed by atoms with Gasteiger partial charge in [-0.05, 0) is 33.2 Å². The highest BCUT2D eigenvalue weighted by molar-refractivity contribution is 7.09. The Labute approximate surface area is 112 Å². The van der Waals surface area contributed by atoms with Crippen LogP contribution in [0.15, 0.2) is 5.38 Å². The SMILES string of the molecule is CNCC(C)C(=O)NC1(c2nc(C)cs2)CCC1. The maximum Gasteiger partial charge on any atom is 0.224 e. The lowest BCUT2D eigenvalue weighted by molar-refractivity contribution is -0.127. The molecular formula is C13H21N3OS. The van der Waals surface area contributed by atoms with E-state index < -0.39 is 0 Å². The van der Waals surface area contributed by atoms with Gasteiger partial charge in [-0.1, -0.05) is 6.92 Å². The van der Waals surface area contributed by atoms with Gasteiger partial charge in [0.25, 0.3) is 0 Å². The number of hydrogen-bond donors (Lipinski definition) is 2. The molecule has 1 aliphatic rings. The molecule has 0 spiro atoms. The van der Waals surface area contributed by atoms with Gasteiger partial charge < -0.3 is 10.6 Å². The van der Waals surface area contributed by atoms with Crippen molar-refractivity contribution in [3.05, 3.63) is 16.1 Å². The van der Waals surface area contributed by atoms with E-state index in [0.29, 0.717) is 6.54 Å². The summed E-state index contributed by atoms with van der Waals surface area (Å²) in [6.07, 6.45) is 3.19. The number of carbonyl (C=O) groups is 1. The van der Waals surface area contributed by atoms with Crippen LogP contribution in [0.25, 0.3) is 0 Å². The Kier molecular flexibility index (Phi) is 4.02. The van der Waals surface area contributed by atoms with Crippen molar-refractivity contribution in [3.8, 4) is 0 Å². The number of aromatic nitrogens is 1. The smallest absolute Gasteiger partial charge is 0.224 e. The van der Waals surface area contributed by atoms with E-state index in [1.54, 1.807) is 11.3 Å². The number of amides is 1. The molecule has 0 saturated heterocycles. The molecular weight excluding hydrogens is 246 g/mol. The Hall–Kier alpha value is -0.940. The fourth-order valence-corrected chi connectivity index (χ4v) is 3.27. The van der Waals surface area contributed by atoms with Crippen molar-refractivity contribution in [2.45, 2.75) is 38.6 Å². The summed E-state index contributed by atoms with van der Waals surface area (Å²) in [6, 6.07) is 0. The minimum absolute atomic E-state index is 0.00599. The van der Waals surface area contributed by atoms with Gasteiger partial charge in [0.05, 0.1) is 5.54 Å². The van der Waals surface area contributed by atoms with E-state index >= 15 is 0 Å². The Balaban J connectivity index is 2.07. The second-order valence-electron chi connectivity index (χ2n) is 5.18. The zero-order valence-corrected chi connectivity index (χ0v) is 12.1. The van der Waals surface area contributed by atoms with E-state index in [9.17, 15) is 4.79 Å². The lowest BCUT2D eigenvalue weighted by Crippen LogP contribution is -2.53. The van der Waals surface area contributed by atoms with E-state index in [2.05, 4.69) is 21.0 Å². The Morgan fingerprint density at radius 3 is 2.78 bits per heavy atom. The third-order valence-electron chi connectivity index (χ3n) is 3.56. The number of thiazole rings is 1. The summed E-state index contributed by atoms with van der Waals surface area (Å²) in [6.45, 7) is 4.65. The number of aryl methyl sites for hydroxylation is 1. The Bertz CT molecular complexity index is 426. The molecule has 0 aliphatic heterocycles. The van der Waals surface area contributed by atoms with Crippen molar-refractivity contribution in [3.63, 3.8) is 0 Å². The topological polar surface area (TPSA) is 54.0 Å². The van der Waals surface area contributed by atoms with Crippen LogP contribution in [0.2, 0.25) is 0 Å². The first-order chi connectivity index (χ1) is 8.57. The highest BCUT2D eigenvalue weighted by Crippen LogP contribution is 2.42. The second kappa shape index (κ2) is 5.36. The zero-order chi connectivity index (χ0) is 13.2. The third kappa shape index (κ3) is 2.57. The van der Waals surface area contributed by atoms with Crippen LogP contribution < -0.4 is 10.6 Å². The molecule has 1 heterocycles. The molecule has 1 saturated carbocycles. The first-order valence-corrected chi connectivity index (χ1v) is 7.34. The van der Waals surface area contributed by atoms with Crippen LogP contribution in [-0.4, -0.2) is 24.5 Å². The van der Waals surface area contributed by atoms with E-state index in [4.69, 9.17) is 0 Å². The number of rotatable bonds is 5. The van der Waals surface area contributed by atoms with Crippen LogP contribution in [0.5, 0.6) is 0 Å². The summed E-state index contributed by atoms with van der Waals surface area (Å²) >= 11 is 1.66. The molecule has 1 aromatic heterocycles. The molecule has 0 radical (unpaired) electrons. The molecule has 0 aromatic carbocycles. The number of nitrogens with one attached hydrogen (secondary N) is 2.